The molecule has 4 aromatic rings. The molecule has 6 heterocycles. The maximum absolute atomic E-state index is 16.6. The average molecular weight is 571 g/mol. The first-order chi connectivity index (χ1) is 20.1. The zero-order valence-electron chi connectivity index (χ0n) is 22.9. The molecule has 7 nitrogen and oxygen atoms in total. The molecular formula is C32H31FN4O3S. The van der Waals surface area contributed by atoms with Crippen molar-refractivity contribution in [3.8, 4) is 17.0 Å². The summed E-state index contributed by atoms with van der Waals surface area (Å²) in [5.74, 6) is 1.56. The number of cyclic esters (lactones) is 1. The number of fused-ring (bicyclic) bond motifs is 6. The van der Waals surface area contributed by atoms with Crippen LogP contribution in [0, 0.1) is 17.7 Å². The minimum atomic E-state index is -0.405. The number of hydrogen-bond acceptors (Lipinski definition) is 6. The molecule has 3 saturated carbocycles. The van der Waals surface area contributed by atoms with Gasteiger partial charge in [0.2, 0.25) is 0 Å². The van der Waals surface area contributed by atoms with Crippen LogP contribution in [-0.2, 0) is 11.2 Å². The number of carbonyl (C=O) groups excluding carboxylic acids is 1. The van der Waals surface area contributed by atoms with Crippen LogP contribution in [0.2, 0.25) is 0 Å². The van der Waals surface area contributed by atoms with Crippen LogP contribution in [0.1, 0.15) is 61.9 Å². The molecule has 210 valence electrons. The van der Waals surface area contributed by atoms with Crippen LogP contribution in [-0.4, -0.2) is 51.0 Å². The van der Waals surface area contributed by atoms with Crippen molar-refractivity contribution in [2.24, 2.45) is 11.8 Å². The topological polar surface area (TPSA) is 69.5 Å². The maximum atomic E-state index is 16.6. The zero-order chi connectivity index (χ0) is 27.4. The number of halogens is 1. The van der Waals surface area contributed by atoms with Crippen LogP contribution in [0.3, 0.4) is 0 Å². The SMILES string of the molecule is CSc1nc2c(F)c(-c3cccc4c3OCCC4)ncc2c2c1cc(C1CC[C@H]3COC(=O)N13)n2C1[C@@H]2CC[C@H]1C2. The Kier molecular flexibility index (Phi) is 5.23. The first kappa shape index (κ1) is 24.3. The predicted octanol–water partition coefficient (Wildman–Crippen LogP) is 7.06. The van der Waals surface area contributed by atoms with Crippen molar-refractivity contribution in [1.29, 1.82) is 0 Å². The first-order valence-electron chi connectivity index (χ1n) is 14.9. The summed E-state index contributed by atoms with van der Waals surface area (Å²) in [5, 5.41) is 2.57. The molecule has 1 aromatic carbocycles. The van der Waals surface area contributed by atoms with E-state index in [2.05, 4.69) is 16.7 Å². The second-order valence-corrected chi connectivity index (χ2v) is 13.1. The number of hydrogen-bond donors (Lipinski definition) is 0. The zero-order valence-corrected chi connectivity index (χ0v) is 23.8. The van der Waals surface area contributed by atoms with Gasteiger partial charge in [0.05, 0.1) is 24.2 Å². The molecule has 10 rings (SSSR count). The molecule has 1 amide bonds. The number of nitrogens with zero attached hydrogens (tertiary/aromatic N) is 4. The molecule has 3 aliphatic carbocycles. The third-order valence-electron chi connectivity index (χ3n) is 10.4. The summed E-state index contributed by atoms with van der Waals surface area (Å²) in [5.41, 5.74) is 4.57. The molecule has 41 heavy (non-hydrogen) atoms. The Morgan fingerprint density at radius 2 is 1.98 bits per heavy atom. The molecule has 2 saturated heterocycles. The lowest BCUT2D eigenvalue weighted by atomic mass is 9.78. The van der Waals surface area contributed by atoms with Crippen LogP contribution in [0.15, 0.2) is 35.5 Å². The van der Waals surface area contributed by atoms with Crippen LogP contribution in [0.25, 0.3) is 33.1 Å². The summed E-state index contributed by atoms with van der Waals surface area (Å²) >= 11 is 1.54. The van der Waals surface area contributed by atoms with E-state index in [0.29, 0.717) is 42.2 Å². The van der Waals surface area contributed by atoms with Crippen LogP contribution in [0.5, 0.6) is 5.75 Å². The van der Waals surface area contributed by atoms with Gasteiger partial charge in [-0.3, -0.25) is 9.88 Å². The molecule has 5 fully saturated rings. The van der Waals surface area contributed by atoms with Crippen LogP contribution < -0.4 is 4.74 Å². The van der Waals surface area contributed by atoms with Crippen LogP contribution in [0.4, 0.5) is 9.18 Å². The Hall–Kier alpha value is -3.33. The highest BCUT2D eigenvalue weighted by Gasteiger charge is 2.51. The number of thioether (sulfide) groups is 1. The lowest BCUT2D eigenvalue weighted by Gasteiger charge is -2.40. The van der Waals surface area contributed by atoms with Crippen molar-refractivity contribution in [1.82, 2.24) is 19.4 Å². The first-order valence-corrected chi connectivity index (χ1v) is 16.1. The maximum Gasteiger partial charge on any atom is 0.410 e. The number of pyridine rings is 2. The Morgan fingerprint density at radius 3 is 2.80 bits per heavy atom. The van der Waals surface area contributed by atoms with Gasteiger partial charge in [-0.2, -0.15) is 0 Å². The molecular weight excluding hydrogens is 539 g/mol. The molecule has 6 aliphatic rings. The highest BCUT2D eigenvalue weighted by atomic mass is 32.2. The van der Waals surface area contributed by atoms with Gasteiger partial charge in [-0.15, -0.1) is 11.8 Å². The van der Waals surface area contributed by atoms with E-state index in [-0.39, 0.29) is 23.9 Å². The van der Waals surface area contributed by atoms with Gasteiger partial charge in [0.1, 0.15) is 28.6 Å². The van der Waals surface area contributed by atoms with Crippen molar-refractivity contribution in [3.05, 3.63) is 47.5 Å². The Bertz CT molecular complexity index is 1760. The number of aryl methyl sites for hydroxylation is 1. The number of ether oxygens (including phenoxy) is 2. The largest absolute Gasteiger partial charge is 0.493 e. The standard InChI is InChI=1S/C32H31FN4O3S/c1-41-31-21-13-24(23-10-9-19-15-40-32(38)36(19)23)37(28-17-7-8-18(28)12-17)29(21)22-14-34-26(25(33)27(22)35-31)20-6-2-4-16-5-3-11-39-30(16)20/h2,4,6,13-14,17-19,23,28H,3,5,7-12,15H2,1H3/t17-,18+,19-,23?,28?/m0/s1. The molecule has 2 unspecified atom stereocenters. The fraction of sp³-hybridized carbons (Fsp3) is 0.469. The van der Waals surface area contributed by atoms with E-state index in [9.17, 15) is 4.79 Å². The lowest BCUT2D eigenvalue weighted by molar-refractivity contribution is 0.140. The molecule has 2 bridgehead atoms. The number of rotatable bonds is 4. The monoisotopic (exact) mass is 570 g/mol. The smallest absolute Gasteiger partial charge is 0.410 e. The molecule has 3 aromatic heterocycles. The van der Waals surface area contributed by atoms with Gasteiger partial charge in [-0.1, -0.05) is 12.1 Å². The van der Waals surface area contributed by atoms with Gasteiger partial charge in [-0.25, -0.2) is 14.2 Å². The minimum absolute atomic E-state index is 0.0442. The van der Waals surface area contributed by atoms with E-state index in [1.54, 1.807) is 11.8 Å². The molecule has 0 spiro atoms. The van der Waals surface area contributed by atoms with Crippen molar-refractivity contribution in [3.63, 3.8) is 0 Å². The summed E-state index contributed by atoms with van der Waals surface area (Å²) in [6, 6.07) is 8.59. The van der Waals surface area contributed by atoms with Crippen LogP contribution >= 0.6 is 11.8 Å². The third-order valence-corrected chi connectivity index (χ3v) is 11.1. The minimum Gasteiger partial charge on any atom is -0.493 e. The summed E-state index contributed by atoms with van der Waals surface area (Å²) in [6.07, 6.45) is 11.0. The van der Waals surface area contributed by atoms with Gasteiger partial charge in [-0.05, 0) is 80.7 Å². The molecule has 9 heteroatoms. The fourth-order valence-electron chi connectivity index (χ4n) is 8.54. The van der Waals surface area contributed by atoms with Crippen molar-refractivity contribution >= 4 is 39.7 Å². The van der Waals surface area contributed by atoms with Gasteiger partial charge in [0, 0.05) is 34.3 Å². The third kappa shape index (κ3) is 3.29. The van der Waals surface area contributed by atoms with E-state index < -0.39 is 5.82 Å². The predicted molar refractivity (Wildman–Crippen MR) is 155 cm³/mol. The van der Waals surface area contributed by atoms with Crippen molar-refractivity contribution in [2.75, 3.05) is 19.5 Å². The lowest BCUT2D eigenvalue weighted by Crippen LogP contribution is -2.35. The normalized spacial score (nSPS) is 28.1. The summed E-state index contributed by atoms with van der Waals surface area (Å²) in [4.78, 5) is 24.5. The summed E-state index contributed by atoms with van der Waals surface area (Å²) in [6.45, 7) is 1.09. The quantitative estimate of drug-likeness (QED) is 0.245. The average Bonchev–Trinajstić information content (AvgIpc) is 3.81. The van der Waals surface area contributed by atoms with E-state index in [1.165, 1.54) is 19.3 Å². The summed E-state index contributed by atoms with van der Waals surface area (Å²) in [7, 11) is 0. The van der Waals surface area contributed by atoms with E-state index in [4.69, 9.17) is 19.4 Å². The molecule has 5 atom stereocenters. The van der Waals surface area contributed by atoms with Gasteiger partial charge in [0.15, 0.2) is 5.82 Å². The van der Waals surface area contributed by atoms with Crippen molar-refractivity contribution < 1.29 is 18.7 Å². The number of amides is 1. The highest BCUT2D eigenvalue weighted by Crippen LogP contribution is 2.59. The van der Waals surface area contributed by atoms with Gasteiger partial charge < -0.3 is 14.0 Å². The highest BCUT2D eigenvalue weighted by molar-refractivity contribution is 7.98. The Morgan fingerprint density at radius 1 is 1.10 bits per heavy atom. The van der Waals surface area contributed by atoms with E-state index in [1.807, 2.05) is 29.5 Å². The number of carbonyl (C=O) groups is 1. The number of para-hydroxylation sites is 1. The van der Waals surface area contributed by atoms with Gasteiger partial charge in [0.25, 0.3) is 0 Å². The fourth-order valence-corrected chi connectivity index (χ4v) is 9.10. The second-order valence-electron chi connectivity index (χ2n) is 12.3. The van der Waals surface area contributed by atoms with E-state index >= 15 is 4.39 Å². The number of aromatic nitrogens is 3. The molecule has 0 N–H and O–H groups in total. The second kappa shape index (κ2) is 8.84. The molecule has 0 radical (unpaired) electrons. The Labute approximate surface area is 241 Å². The van der Waals surface area contributed by atoms with Crippen molar-refractivity contribution in [2.45, 2.75) is 68.1 Å². The Balaban J connectivity index is 1.30. The van der Waals surface area contributed by atoms with E-state index in [0.717, 1.165) is 64.0 Å². The molecule has 3 aliphatic heterocycles. The summed E-state index contributed by atoms with van der Waals surface area (Å²) < 4.78 is 30.6. The van der Waals surface area contributed by atoms with Gasteiger partial charge >= 0.3 is 6.09 Å². The number of benzene rings is 1.